The van der Waals surface area contributed by atoms with E-state index in [9.17, 15) is 14.0 Å². The minimum atomic E-state index is -0.413. The van der Waals surface area contributed by atoms with Crippen molar-refractivity contribution in [2.45, 2.75) is 25.4 Å². The molecule has 7 heteroatoms. The maximum absolute atomic E-state index is 14.2. The minimum absolute atomic E-state index is 0.0897. The second-order valence-electron chi connectivity index (χ2n) is 6.80. The standard InChI is InChI=1S/C20H19ClFN3O2/c21-17-5-2-6-18(22)16(17)12-25(14-7-8-14)19(26)13-3-1-4-15(11-13)24-10-9-23-20(24)27/h1-6,11,14H,7-10,12H2,(H,23,27). The van der Waals surface area contributed by atoms with E-state index in [-0.39, 0.29) is 24.5 Å². The number of hydrogen-bond donors (Lipinski definition) is 1. The zero-order valence-electron chi connectivity index (χ0n) is 14.6. The number of halogens is 2. The zero-order chi connectivity index (χ0) is 19.0. The number of amides is 3. The van der Waals surface area contributed by atoms with Gasteiger partial charge in [0.1, 0.15) is 5.82 Å². The third kappa shape index (κ3) is 3.62. The Labute approximate surface area is 161 Å². The molecule has 1 saturated heterocycles. The van der Waals surface area contributed by atoms with Gasteiger partial charge < -0.3 is 10.2 Å². The molecule has 0 unspecified atom stereocenters. The number of hydrogen-bond acceptors (Lipinski definition) is 2. The van der Waals surface area contributed by atoms with E-state index in [1.165, 1.54) is 6.07 Å². The van der Waals surface area contributed by atoms with Gasteiger partial charge in [0.15, 0.2) is 0 Å². The molecular formula is C20H19ClFN3O2. The zero-order valence-corrected chi connectivity index (χ0v) is 15.4. The van der Waals surface area contributed by atoms with E-state index in [2.05, 4.69) is 5.32 Å². The molecule has 27 heavy (non-hydrogen) atoms. The third-order valence-electron chi connectivity index (χ3n) is 4.90. The molecule has 2 fully saturated rings. The van der Waals surface area contributed by atoms with Gasteiger partial charge in [0.2, 0.25) is 0 Å². The molecule has 1 saturated carbocycles. The molecule has 1 heterocycles. The molecule has 0 bridgehead atoms. The summed E-state index contributed by atoms with van der Waals surface area (Å²) in [5.41, 5.74) is 1.48. The minimum Gasteiger partial charge on any atom is -0.336 e. The predicted octanol–water partition coefficient (Wildman–Crippen LogP) is 3.81. The van der Waals surface area contributed by atoms with Crippen LogP contribution in [0, 0.1) is 5.82 Å². The molecule has 0 radical (unpaired) electrons. The number of anilines is 1. The number of carbonyl (C=O) groups is 2. The van der Waals surface area contributed by atoms with Gasteiger partial charge in [0, 0.05) is 41.0 Å². The van der Waals surface area contributed by atoms with Crippen LogP contribution in [0.15, 0.2) is 42.5 Å². The van der Waals surface area contributed by atoms with Crippen LogP contribution in [0.5, 0.6) is 0 Å². The van der Waals surface area contributed by atoms with Crippen LogP contribution in [0.25, 0.3) is 0 Å². The van der Waals surface area contributed by atoms with Crippen LogP contribution >= 0.6 is 11.6 Å². The summed E-state index contributed by atoms with van der Waals surface area (Å²) in [5.74, 6) is -0.596. The Balaban J connectivity index is 1.61. The summed E-state index contributed by atoms with van der Waals surface area (Å²) in [6, 6.07) is 11.4. The van der Waals surface area contributed by atoms with E-state index < -0.39 is 5.82 Å². The fraction of sp³-hybridized carbons (Fsp3) is 0.300. The SMILES string of the molecule is O=C1NCCN1c1cccc(C(=O)N(Cc2c(F)cccc2Cl)C2CC2)c1. The number of rotatable bonds is 5. The fourth-order valence-electron chi connectivity index (χ4n) is 3.30. The summed E-state index contributed by atoms with van der Waals surface area (Å²) in [4.78, 5) is 28.3. The van der Waals surface area contributed by atoms with Crippen molar-refractivity contribution in [3.05, 3.63) is 64.4 Å². The topological polar surface area (TPSA) is 52.7 Å². The predicted molar refractivity (Wildman–Crippen MR) is 101 cm³/mol. The smallest absolute Gasteiger partial charge is 0.321 e. The molecule has 2 aromatic carbocycles. The van der Waals surface area contributed by atoms with Crippen molar-refractivity contribution < 1.29 is 14.0 Å². The number of urea groups is 1. The Morgan fingerprint density at radius 1 is 1.26 bits per heavy atom. The van der Waals surface area contributed by atoms with Crippen molar-refractivity contribution >= 4 is 29.2 Å². The van der Waals surface area contributed by atoms with Crippen LogP contribution in [0.2, 0.25) is 5.02 Å². The monoisotopic (exact) mass is 387 g/mol. The normalized spacial score (nSPS) is 16.4. The highest BCUT2D eigenvalue weighted by Crippen LogP contribution is 2.32. The summed E-state index contributed by atoms with van der Waals surface area (Å²) in [5, 5.41) is 3.06. The van der Waals surface area contributed by atoms with Crippen molar-refractivity contribution in [3.8, 4) is 0 Å². The average molecular weight is 388 g/mol. The second-order valence-corrected chi connectivity index (χ2v) is 7.21. The first-order valence-corrected chi connectivity index (χ1v) is 9.31. The quantitative estimate of drug-likeness (QED) is 0.848. The number of nitrogens with zero attached hydrogens (tertiary/aromatic N) is 2. The Hall–Kier alpha value is -2.60. The van der Waals surface area contributed by atoms with Crippen molar-refractivity contribution in [2.75, 3.05) is 18.0 Å². The fourth-order valence-corrected chi connectivity index (χ4v) is 3.52. The van der Waals surface area contributed by atoms with Crippen LogP contribution < -0.4 is 10.2 Å². The molecule has 0 atom stereocenters. The van der Waals surface area contributed by atoms with E-state index in [0.717, 1.165) is 12.8 Å². The number of nitrogens with one attached hydrogen (secondary N) is 1. The van der Waals surface area contributed by atoms with E-state index in [4.69, 9.17) is 11.6 Å². The molecule has 5 nitrogen and oxygen atoms in total. The average Bonchev–Trinajstić information content (AvgIpc) is 3.41. The first kappa shape index (κ1) is 17.8. The van der Waals surface area contributed by atoms with Crippen LogP contribution in [0.1, 0.15) is 28.8 Å². The summed E-state index contributed by atoms with van der Waals surface area (Å²) in [7, 11) is 0. The van der Waals surface area contributed by atoms with Gasteiger partial charge in [-0.15, -0.1) is 0 Å². The highest BCUT2D eigenvalue weighted by molar-refractivity contribution is 6.31. The van der Waals surface area contributed by atoms with E-state index >= 15 is 0 Å². The van der Waals surface area contributed by atoms with Gasteiger partial charge in [-0.2, -0.15) is 0 Å². The molecule has 1 aliphatic carbocycles. The van der Waals surface area contributed by atoms with Crippen molar-refractivity contribution in [2.24, 2.45) is 0 Å². The van der Waals surface area contributed by atoms with Crippen LogP contribution in [-0.2, 0) is 6.54 Å². The third-order valence-corrected chi connectivity index (χ3v) is 5.25. The lowest BCUT2D eigenvalue weighted by atomic mass is 10.1. The molecule has 1 aliphatic heterocycles. The van der Waals surface area contributed by atoms with Gasteiger partial charge in [-0.25, -0.2) is 9.18 Å². The van der Waals surface area contributed by atoms with Crippen molar-refractivity contribution in [1.29, 1.82) is 0 Å². The lowest BCUT2D eigenvalue weighted by molar-refractivity contribution is 0.0728. The van der Waals surface area contributed by atoms with Crippen LogP contribution in [-0.4, -0.2) is 36.0 Å². The maximum atomic E-state index is 14.2. The Morgan fingerprint density at radius 3 is 2.70 bits per heavy atom. The molecule has 3 amide bonds. The number of carbonyl (C=O) groups excluding carboxylic acids is 2. The summed E-state index contributed by atoms with van der Waals surface area (Å²) >= 11 is 6.15. The molecule has 1 N–H and O–H groups in total. The summed E-state index contributed by atoms with van der Waals surface area (Å²) in [6.07, 6.45) is 1.79. The first-order chi connectivity index (χ1) is 13.0. The van der Waals surface area contributed by atoms with Gasteiger partial charge in [-0.3, -0.25) is 9.69 Å². The van der Waals surface area contributed by atoms with Crippen LogP contribution in [0.3, 0.4) is 0 Å². The lowest BCUT2D eigenvalue weighted by Crippen LogP contribution is -2.33. The van der Waals surface area contributed by atoms with E-state index in [1.54, 1.807) is 46.2 Å². The Bertz CT molecular complexity index is 880. The molecular weight excluding hydrogens is 369 g/mol. The van der Waals surface area contributed by atoms with Crippen molar-refractivity contribution in [1.82, 2.24) is 10.2 Å². The van der Waals surface area contributed by atoms with E-state index in [1.807, 2.05) is 0 Å². The molecule has 4 rings (SSSR count). The number of benzene rings is 2. The van der Waals surface area contributed by atoms with Gasteiger partial charge in [-0.1, -0.05) is 23.7 Å². The van der Waals surface area contributed by atoms with Gasteiger partial charge in [0.25, 0.3) is 5.91 Å². The Kier molecular flexibility index (Phi) is 4.74. The molecule has 140 valence electrons. The van der Waals surface area contributed by atoms with Gasteiger partial charge >= 0.3 is 6.03 Å². The molecule has 0 spiro atoms. The highest BCUT2D eigenvalue weighted by atomic mass is 35.5. The maximum Gasteiger partial charge on any atom is 0.321 e. The van der Waals surface area contributed by atoms with Crippen molar-refractivity contribution in [3.63, 3.8) is 0 Å². The van der Waals surface area contributed by atoms with Gasteiger partial charge in [-0.05, 0) is 43.2 Å². The largest absolute Gasteiger partial charge is 0.336 e. The van der Waals surface area contributed by atoms with E-state index in [0.29, 0.717) is 34.9 Å². The second kappa shape index (κ2) is 7.19. The summed E-state index contributed by atoms with van der Waals surface area (Å²) < 4.78 is 14.2. The first-order valence-electron chi connectivity index (χ1n) is 8.94. The lowest BCUT2D eigenvalue weighted by Gasteiger charge is -2.24. The molecule has 0 aromatic heterocycles. The van der Waals surface area contributed by atoms with Crippen LogP contribution in [0.4, 0.5) is 14.9 Å². The van der Waals surface area contributed by atoms with Gasteiger partial charge in [0.05, 0.1) is 6.54 Å². The summed E-state index contributed by atoms with van der Waals surface area (Å²) in [6.45, 7) is 1.27. The highest BCUT2D eigenvalue weighted by Gasteiger charge is 2.34. The molecule has 2 aromatic rings. The molecule has 2 aliphatic rings. The Morgan fingerprint density at radius 2 is 2.04 bits per heavy atom.